The lowest BCUT2D eigenvalue weighted by Crippen LogP contribution is -2.50. The average Bonchev–Trinajstić information content (AvgIpc) is 2.48. The third-order valence-electron chi connectivity index (χ3n) is 3.80. The van der Waals surface area contributed by atoms with Crippen LogP contribution in [-0.2, 0) is 4.79 Å². The lowest BCUT2D eigenvalue weighted by Gasteiger charge is -2.34. The van der Waals surface area contributed by atoms with Crippen LogP contribution in [0.25, 0.3) is 0 Å². The Morgan fingerprint density at radius 2 is 1.68 bits per heavy atom. The zero-order valence-corrected chi connectivity index (χ0v) is 13.8. The predicted molar refractivity (Wildman–Crippen MR) is 85.1 cm³/mol. The number of amides is 2. The van der Waals surface area contributed by atoms with Crippen molar-refractivity contribution in [1.29, 1.82) is 0 Å². The van der Waals surface area contributed by atoms with E-state index in [2.05, 4.69) is 0 Å². The molecular formula is C17H24N2O3. The van der Waals surface area contributed by atoms with Crippen LogP contribution in [0, 0.1) is 6.92 Å². The minimum Gasteiger partial charge on any atom is -0.491 e. The predicted octanol–water partition coefficient (Wildman–Crippen LogP) is 2.09. The Morgan fingerprint density at radius 1 is 1.09 bits per heavy atom. The molecular weight excluding hydrogens is 280 g/mol. The van der Waals surface area contributed by atoms with Crippen LogP contribution < -0.4 is 4.74 Å². The van der Waals surface area contributed by atoms with Gasteiger partial charge in [0.15, 0.2) is 0 Å². The molecule has 1 aliphatic rings. The maximum Gasteiger partial charge on any atom is 0.253 e. The van der Waals surface area contributed by atoms with Crippen molar-refractivity contribution >= 4 is 11.8 Å². The molecule has 2 amide bonds. The highest BCUT2D eigenvalue weighted by Gasteiger charge is 2.23. The summed E-state index contributed by atoms with van der Waals surface area (Å²) in [4.78, 5) is 27.4. The molecule has 0 radical (unpaired) electrons. The maximum absolute atomic E-state index is 12.5. The number of rotatable bonds is 3. The van der Waals surface area contributed by atoms with Crippen molar-refractivity contribution in [1.82, 2.24) is 9.80 Å². The molecule has 5 nitrogen and oxygen atoms in total. The van der Waals surface area contributed by atoms with Crippen molar-refractivity contribution in [2.24, 2.45) is 0 Å². The first kappa shape index (κ1) is 16.3. The molecule has 120 valence electrons. The van der Waals surface area contributed by atoms with Crippen molar-refractivity contribution in [2.45, 2.75) is 33.8 Å². The lowest BCUT2D eigenvalue weighted by molar-refractivity contribution is -0.130. The minimum atomic E-state index is 0.0161. The van der Waals surface area contributed by atoms with Crippen molar-refractivity contribution in [3.63, 3.8) is 0 Å². The maximum atomic E-state index is 12.5. The van der Waals surface area contributed by atoms with Crippen LogP contribution in [0.1, 0.15) is 36.7 Å². The van der Waals surface area contributed by atoms with Gasteiger partial charge in [0.25, 0.3) is 5.91 Å². The van der Waals surface area contributed by atoms with E-state index in [1.807, 2.05) is 39.0 Å². The minimum absolute atomic E-state index is 0.0161. The van der Waals surface area contributed by atoms with Crippen LogP contribution in [0.4, 0.5) is 0 Å². The van der Waals surface area contributed by atoms with Crippen molar-refractivity contribution in [3.8, 4) is 5.75 Å². The van der Waals surface area contributed by atoms with E-state index in [9.17, 15) is 9.59 Å². The standard InChI is InChI=1S/C17H24N2O3/c1-12(2)22-16-6-5-15(11-13(16)3)17(21)19-9-7-18(8-10-19)14(4)20/h5-6,11-12H,7-10H2,1-4H3. The fourth-order valence-corrected chi connectivity index (χ4v) is 2.58. The highest BCUT2D eigenvalue weighted by molar-refractivity contribution is 5.94. The summed E-state index contributed by atoms with van der Waals surface area (Å²) in [5.74, 6) is 0.897. The molecule has 0 aliphatic carbocycles. The normalized spacial score (nSPS) is 15.1. The molecule has 1 fully saturated rings. The van der Waals surface area contributed by atoms with Gasteiger partial charge in [-0.25, -0.2) is 0 Å². The summed E-state index contributed by atoms with van der Waals surface area (Å²) in [6.45, 7) is 9.85. The van der Waals surface area contributed by atoms with E-state index >= 15 is 0 Å². The highest BCUT2D eigenvalue weighted by Crippen LogP contribution is 2.21. The van der Waals surface area contributed by atoms with Gasteiger partial charge in [0, 0.05) is 38.7 Å². The number of piperazine rings is 1. The summed E-state index contributed by atoms with van der Waals surface area (Å²) in [7, 11) is 0. The molecule has 2 rings (SSSR count). The first-order valence-electron chi connectivity index (χ1n) is 7.70. The highest BCUT2D eigenvalue weighted by atomic mass is 16.5. The number of aryl methyl sites for hydroxylation is 1. The van der Waals surface area contributed by atoms with Gasteiger partial charge in [-0.3, -0.25) is 9.59 Å². The molecule has 1 heterocycles. The van der Waals surface area contributed by atoms with Gasteiger partial charge in [-0.15, -0.1) is 0 Å². The fraction of sp³-hybridized carbons (Fsp3) is 0.529. The van der Waals surface area contributed by atoms with Gasteiger partial charge in [-0.1, -0.05) is 0 Å². The van der Waals surface area contributed by atoms with Crippen LogP contribution >= 0.6 is 0 Å². The van der Waals surface area contributed by atoms with Crippen molar-refractivity contribution < 1.29 is 14.3 Å². The van der Waals surface area contributed by atoms with E-state index in [-0.39, 0.29) is 17.9 Å². The van der Waals surface area contributed by atoms with Gasteiger partial charge in [0.1, 0.15) is 5.75 Å². The van der Waals surface area contributed by atoms with Gasteiger partial charge < -0.3 is 14.5 Å². The summed E-state index contributed by atoms with van der Waals surface area (Å²) in [6.07, 6.45) is 0.111. The quantitative estimate of drug-likeness (QED) is 0.859. The number of benzene rings is 1. The molecule has 0 N–H and O–H groups in total. The molecule has 0 atom stereocenters. The summed E-state index contributed by atoms with van der Waals surface area (Å²) in [5.41, 5.74) is 1.63. The molecule has 0 spiro atoms. The fourth-order valence-electron chi connectivity index (χ4n) is 2.58. The van der Waals surface area contributed by atoms with E-state index in [4.69, 9.17) is 4.74 Å². The molecule has 22 heavy (non-hydrogen) atoms. The van der Waals surface area contributed by atoms with Crippen LogP contribution in [0.5, 0.6) is 5.75 Å². The van der Waals surface area contributed by atoms with Crippen LogP contribution in [-0.4, -0.2) is 53.9 Å². The molecule has 1 aliphatic heterocycles. The molecule has 1 saturated heterocycles. The Morgan fingerprint density at radius 3 is 2.18 bits per heavy atom. The summed E-state index contributed by atoms with van der Waals surface area (Å²) >= 11 is 0. The van der Waals surface area contributed by atoms with E-state index in [1.54, 1.807) is 16.7 Å². The first-order valence-corrected chi connectivity index (χ1v) is 7.70. The van der Waals surface area contributed by atoms with Crippen LogP contribution in [0.2, 0.25) is 0 Å². The zero-order valence-electron chi connectivity index (χ0n) is 13.8. The zero-order chi connectivity index (χ0) is 16.3. The Balaban J connectivity index is 2.04. The first-order chi connectivity index (χ1) is 10.4. The molecule has 5 heteroatoms. The second-order valence-electron chi connectivity index (χ2n) is 5.95. The average molecular weight is 304 g/mol. The van der Waals surface area contributed by atoms with E-state index < -0.39 is 0 Å². The molecule has 0 aromatic heterocycles. The second kappa shape index (κ2) is 6.81. The summed E-state index contributed by atoms with van der Waals surface area (Å²) in [6, 6.07) is 5.54. The number of ether oxygens (including phenoxy) is 1. The number of hydrogen-bond donors (Lipinski definition) is 0. The number of carbonyl (C=O) groups excluding carboxylic acids is 2. The van der Waals surface area contributed by atoms with E-state index in [0.717, 1.165) is 11.3 Å². The summed E-state index contributed by atoms with van der Waals surface area (Å²) in [5, 5.41) is 0. The van der Waals surface area contributed by atoms with Gasteiger partial charge in [-0.2, -0.15) is 0 Å². The van der Waals surface area contributed by atoms with Gasteiger partial charge in [0.05, 0.1) is 6.10 Å². The lowest BCUT2D eigenvalue weighted by atomic mass is 10.1. The molecule has 1 aromatic carbocycles. The largest absolute Gasteiger partial charge is 0.491 e. The van der Waals surface area contributed by atoms with Gasteiger partial charge in [0.2, 0.25) is 5.91 Å². The third kappa shape index (κ3) is 3.78. The summed E-state index contributed by atoms with van der Waals surface area (Å²) < 4.78 is 5.70. The smallest absolute Gasteiger partial charge is 0.253 e. The van der Waals surface area contributed by atoms with Crippen LogP contribution in [0.15, 0.2) is 18.2 Å². The number of nitrogens with zero attached hydrogens (tertiary/aromatic N) is 2. The Bertz CT molecular complexity index is 561. The van der Waals surface area contributed by atoms with Crippen LogP contribution in [0.3, 0.4) is 0 Å². The monoisotopic (exact) mass is 304 g/mol. The molecule has 0 unspecified atom stereocenters. The SMILES string of the molecule is CC(=O)N1CCN(C(=O)c2ccc(OC(C)C)c(C)c2)CC1. The number of hydrogen-bond acceptors (Lipinski definition) is 3. The Hall–Kier alpha value is -2.04. The van der Waals surface area contributed by atoms with Gasteiger partial charge in [-0.05, 0) is 44.5 Å². The topological polar surface area (TPSA) is 49.9 Å². The number of carbonyl (C=O) groups is 2. The Labute approximate surface area is 131 Å². The van der Waals surface area contributed by atoms with Crippen molar-refractivity contribution in [2.75, 3.05) is 26.2 Å². The molecule has 0 bridgehead atoms. The van der Waals surface area contributed by atoms with E-state index in [0.29, 0.717) is 31.7 Å². The molecule has 1 aromatic rings. The third-order valence-corrected chi connectivity index (χ3v) is 3.80. The molecule has 0 saturated carbocycles. The Kier molecular flexibility index (Phi) is 5.06. The second-order valence-corrected chi connectivity index (χ2v) is 5.95. The van der Waals surface area contributed by atoms with Crippen molar-refractivity contribution in [3.05, 3.63) is 29.3 Å². The van der Waals surface area contributed by atoms with E-state index in [1.165, 1.54) is 0 Å². The van der Waals surface area contributed by atoms with Gasteiger partial charge >= 0.3 is 0 Å².